The van der Waals surface area contributed by atoms with Gasteiger partial charge < -0.3 is 24.5 Å². The second-order valence-corrected chi connectivity index (χ2v) is 14.8. The van der Waals surface area contributed by atoms with Crippen molar-refractivity contribution in [1.82, 2.24) is 14.7 Å². The van der Waals surface area contributed by atoms with E-state index in [-0.39, 0.29) is 11.9 Å². The van der Waals surface area contributed by atoms with Crippen molar-refractivity contribution < 1.29 is 19.4 Å². The number of halogens is 2. The first-order valence-electron chi connectivity index (χ1n) is 15.3. The molecule has 1 N–H and O–H groups in total. The summed E-state index contributed by atoms with van der Waals surface area (Å²) in [5, 5.41) is 8.57. The Kier molecular flexibility index (Phi) is 18.9. The van der Waals surface area contributed by atoms with Crippen molar-refractivity contribution in [3.8, 4) is 0 Å². The molecule has 0 spiro atoms. The molecule has 2 aromatic carbocycles. The molecule has 2 aromatic rings. The first kappa shape index (κ1) is 39.7. The van der Waals surface area contributed by atoms with E-state index in [0.717, 1.165) is 61.3 Å². The van der Waals surface area contributed by atoms with Gasteiger partial charge in [0.25, 0.3) is 0 Å². The van der Waals surface area contributed by atoms with Gasteiger partial charge in [-0.3, -0.25) is 9.59 Å². The molecule has 4 rings (SSSR count). The van der Waals surface area contributed by atoms with Gasteiger partial charge in [-0.2, -0.15) is 11.8 Å². The number of esters is 1. The van der Waals surface area contributed by atoms with E-state index in [0.29, 0.717) is 35.2 Å². The number of methoxy groups -OCH3 is 1. The predicted molar refractivity (Wildman–Crippen MR) is 193 cm³/mol. The van der Waals surface area contributed by atoms with E-state index in [2.05, 4.69) is 48.2 Å². The van der Waals surface area contributed by atoms with Gasteiger partial charge in [-0.05, 0) is 111 Å². The zero-order valence-electron chi connectivity index (χ0n) is 27.6. The highest BCUT2D eigenvalue weighted by Gasteiger charge is 2.30. The van der Waals surface area contributed by atoms with Crippen LogP contribution in [0.1, 0.15) is 35.8 Å². The van der Waals surface area contributed by atoms with Gasteiger partial charge in [0, 0.05) is 44.3 Å². The molecule has 2 heterocycles. The number of nitrogens with zero attached hydrogens (tertiary/aromatic N) is 3. The third kappa shape index (κ3) is 14.1. The lowest BCUT2D eigenvalue weighted by atomic mass is 9.81. The Morgan fingerprint density at radius 2 is 1.20 bits per heavy atom. The van der Waals surface area contributed by atoms with Crippen molar-refractivity contribution >= 4 is 58.6 Å². The molecule has 1 amide bonds. The lowest BCUT2D eigenvalue weighted by Crippen LogP contribution is -2.38. The molecule has 252 valence electrons. The third-order valence-corrected chi connectivity index (χ3v) is 11.0. The highest BCUT2D eigenvalue weighted by molar-refractivity contribution is 8.00. The molecule has 0 unspecified atom stereocenters. The average molecular weight is 701 g/mol. The van der Waals surface area contributed by atoms with Crippen molar-refractivity contribution in [2.24, 2.45) is 11.8 Å². The fourth-order valence-electron chi connectivity index (χ4n) is 5.84. The van der Waals surface area contributed by atoms with Crippen molar-refractivity contribution in [1.29, 1.82) is 0 Å². The smallest absolute Gasteiger partial charge is 0.315 e. The maximum absolute atomic E-state index is 11.7. The monoisotopic (exact) mass is 699 g/mol. The molecule has 2 aliphatic heterocycles. The van der Waals surface area contributed by atoms with Crippen LogP contribution in [-0.4, -0.2) is 123 Å². The van der Waals surface area contributed by atoms with Crippen molar-refractivity contribution in [2.45, 2.75) is 24.7 Å². The summed E-state index contributed by atoms with van der Waals surface area (Å²) in [5.41, 5.74) is 2.73. The molecule has 0 aromatic heterocycles. The Morgan fingerprint density at radius 1 is 0.800 bits per heavy atom. The number of ether oxygens (including phenoxy) is 1. The van der Waals surface area contributed by atoms with E-state index in [1.807, 2.05) is 38.4 Å². The zero-order chi connectivity index (χ0) is 33.4. The average Bonchev–Trinajstić information content (AvgIpc) is 3.03. The Hall–Kier alpha value is -1.46. The van der Waals surface area contributed by atoms with E-state index < -0.39 is 0 Å². The van der Waals surface area contributed by atoms with Crippen LogP contribution in [-0.2, 0) is 14.3 Å². The van der Waals surface area contributed by atoms with Crippen molar-refractivity contribution in [2.75, 3.05) is 91.6 Å². The first-order valence-corrected chi connectivity index (χ1v) is 18.4. The molecule has 0 radical (unpaired) electrons. The van der Waals surface area contributed by atoms with E-state index in [4.69, 9.17) is 33.0 Å². The van der Waals surface area contributed by atoms with Gasteiger partial charge in [0.1, 0.15) is 0 Å². The Morgan fingerprint density at radius 3 is 1.58 bits per heavy atom. The van der Waals surface area contributed by atoms with Crippen LogP contribution >= 0.6 is 46.7 Å². The zero-order valence-corrected chi connectivity index (χ0v) is 30.7. The number of hydrogen-bond acceptors (Lipinski definition) is 8. The van der Waals surface area contributed by atoms with Gasteiger partial charge >= 0.3 is 5.97 Å². The predicted octanol–water partition coefficient (Wildman–Crippen LogP) is 6.09. The fourth-order valence-corrected chi connectivity index (χ4v) is 8.33. The Labute approximate surface area is 289 Å². The fraction of sp³-hybridized carbons (Fsp3) is 0.588. The summed E-state index contributed by atoms with van der Waals surface area (Å²) in [4.78, 5) is 29.4. The number of aliphatic hydroxyl groups is 1. The van der Waals surface area contributed by atoms with Gasteiger partial charge in [-0.25, -0.2) is 0 Å². The Bertz CT molecular complexity index is 1140. The van der Waals surface area contributed by atoms with E-state index in [9.17, 15) is 9.59 Å². The van der Waals surface area contributed by atoms with Crippen LogP contribution in [0.5, 0.6) is 0 Å². The number of hydrogen-bond donors (Lipinski definition) is 1. The minimum Gasteiger partial charge on any atom is -0.468 e. The largest absolute Gasteiger partial charge is 0.468 e. The second kappa shape index (κ2) is 21.4. The summed E-state index contributed by atoms with van der Waals surface area (Å²) in [6.45, 7) is 4.41. The quantitative estimate of drug-likeness (QED) is 0.299. The molecule has 2 saturated heterocycles. The van der Waals surface area contributed by atoms with Gasteiger partial charge in [-0.1, -0.05) is 47.5 Å². The lowest BCUT2D eigenvalue weighted by molar-refractivity contribution is -0.137. The van der Waals surface area contributed by atoms with E-state index >= 15 is 0 Å². The topological polar surface area (TPSA) is 73.3 Å². The normalized spacial score (nSPS) is 21.9. The number of carbonyl (C=O) groups is 2. The number of rotatable bonds is 10. The molecule has 11 heteroatoms. The highest BCUT2D eigenvalue weighted by Crippen LogP contribution is 2.36. The van der Waals surface area contributed by atoms with Crippen LogP contribution in [0, 0.1) is 11.8 Å². The van der Waals surface area contributed by atoms with Crippen LogP contribution in [0.25, 0.3) is 0 Å². The summed E-state index contributed by atoms with van der Waals surface area (Å²) in [6, 6.07) is 16.5. The molecule has 2 fully saturated rings. The van der Waals surface area contributed by atoms with E-state index in [1.165, 1.54) is 24.7 Å². The summed E-state index contributed by atoms with van der Waals surface area (Å²) < 4.78 is 4.70. The SMILES string of the molecule is CN1CC[C@H](c2ccc(Cl)cc2)[C@@H](CSCC(=O)N(C)C)C1.CO.COC(=O)CSC[C@H]1CN(C)CC[C@@H]1c1ccc(Cl)cc1. The van der Waals surface area contributed by atoms with Gasteiger partial charge in [0.2, 0.25) is 5.91 Å². The van der Waals surface area contributed by atoms with Crippen LogP contribution in [0.2, 0.25) is 10.0 Å². The van der Waals surface area contributed by atoms with Gasteiger partial charge in [0.15, 0.2) is 0 Å². The first-order chi connectivity index (χ1) is 21.6. The number of likely N-dealkylation sites (tertiary alicyclic amines) is 2. The van der Waals surface area contributed by atoms with Crippen molar-refractivity contribution in [3.05, 3.63) is 69.7 Å². The van der Waals surface area contributed by atoms with Gasteiger partial charge in [0.05, 0.1) is 18.6 Å². The Balaban J connectivity index is 0.000000297. The molecule has 0 aliphatic carbocycles. The molecular weight excluding hydrogens is 649 g/mol. The van der Waals surface area contributed by atoms with Crippen LogP contribution in [0.15, 0.2) is 48.5 Å². The summed E-state index contributed by atoms with van der Waals surface area (Å²) in [6.07, 6.45) is 2.33. The number of aliphatic hydroxyl groups excluding tert-OH is 1. The highest BCUT2D eigenvalue weighted by atomic mass is 35.5. The number of carbonyl (C=O) groups excluding carboxylic acids is 2. The molecule has 0 bridgehead atoms. The lowest BCUT2D eigenvalue weighted by Gasteiger charge is -2.37. The minimum absolute atomic E-state index is 0.146. The molecule has 45 heavy (non-hydrogen) atoms. The van der Waals surface area contributed by atoms with Crippen molar-refractivity contribution in [3.63, 3.8) is 0 Å². The molecule has 4 atom stereocenters. The third-order valence-electron chi connectivity index (χ3n) is 8.31. The number of thioether (sulfide) groups is 2. The molecule has 0 saturated carbocycles. The number of amides is 1. The number of piperidine rings is 2. The minimum atomic E-state index is -0.146. The van der Waals surface area contributed by atoms with E-state index in [1.54, 1.807) is 28.4 Å². The standard InChI is InChI=1S/C17H25ClN2OS.C16H22ClNO2S.CH4O/c1-19(2)17(21)12-22-11-14-10-20(3)9-8-16(14)13-4-6-15(18)7-5-13;1-18-8-7-15(12-3-5-14(17)6-4-12)13(9-18)10-21-11-16(19)20-2;1-2/h4-7,14,16H,8-12H2,1-3H3;3-6,13,15H,7-11H2,1-2H3;2H,1H3/t14-,16-;13-,15-;/m11./s1. The van der Waals surface area contributed by atoms with Crippen LogP contribution in [0.3, 0.4) is 0 Å². The van der Waals surface area contributed by atoms with Crippen LogP contribution in [0.4, 0.5) is 0 Å². The molecular formula is C34H51Cl2N3O4S2. The number of benzene rings is 2. The summed E-state index contributed by atoms with van der Waals surface area (Å²) in [7, 11) is 10.4. The summed E-state index contributed by atoms with van der Waals surface area (Å²) >= 11 is 15.4. The second-order valence-electron chi connectivity index (χ2n) is 11.8. The summed E-state index contributed by atoms with van der Waals surface area (Å²) in [5.74, 6) is 5.30. The molecule has 2 aliphatic rings. The maximum Gasteiger partial charge on any atom is 0.315 e. The van der Waals surface area contributed by atoms with Crippen LogP contribution < -0.4 is 0 Å². The maximum atomic E-state index is 11.7. The molecule has 7 nitrogen and oxygen atoms in total. The van der Waals surface area contributed by atoms with Gasteiger partial charge in [-0.15, -0.1) is 11.8 Å².